The van der Waals surface area contributed by atoms with Gasteiger partial charge in [-0.1, -0.05) is 182 Å². The summed E-state index contributed by atoms with van der Waals surface area (Å²) in [6, 6.07) is 82.0. The highest BCUT2D eigenvalue weighted by Crippen LogP contribution is 2.48. The van der Waals surface area contributed by atoms with Gasteiger partial charge in [0.25, 0.3) is 0 Å². The molecule has 0 atom stereocenters. The summed E-state index contributed by atoms with van der Waals surface area (Å²) in [6.07, 6.45) is 0. The lowest BCUT2D eigenvalue weighted by Gasteiger charge is -2.29. The minimum absolute atomic E-state index is 0.858. The number of fused-ring (bicyclic) bond motifs is 17. The molecule has 2 nitrogen and oxygen atoms in total. The minimum atomic E-state index is 0.858. The Morgan fingerprint density at radius 2 is 0.825 bits per heavy atom. The van der Waals surface area contributed by atoms with Crippen LogP contribution in [0.4, 0.5) is 17.1 Å². The molecule has 2 aromatic heterocycles. The van der Waals surface area contributed by atoms with E-state index in [9.17, 15) is 0 Å². The van der Waals surface area contributed by atoms with E-state index < -0.39 is 0 Å². The molecule has 0 aliphatic heterocycles. The van der Waals surface area contributed by atoms with Gasteiger partial charge in [-0.05, 0) is 96.5 Å². The zero-order chi connectivity index (χ0) is 41.4. The Bertz CT molecular complexity index is 4050. The van der Waals surface area contributed by atoms with E-state index in [1.807, 2.05) is 17.4 Å². The van der Waals surface area contributed by atoms with Gasteiger partial charge in [0, 0.05) is 42.2 Å². The number of benzene rings is 10. The quantitative estimate of drug-likeness (QED) is 0.176. The summed E-state index contributed by atoms with van der Waals surface area (Å²) in [5.41, 5.74) is 7.23. The number of hydrogen-bond donors (Lipinski definition) is 0. The van der Waals surface area contributed by atoms with E-state index in [1.54, 1.807) is 0 Å². The molecule has 0 radical (unpaired) electrons. The van der Waals surface area contributed by atoms with Crippen molar-refractivity contribution >= 4 is 124 Å². The lowest BCUT2D eigenvalue weighted by atomic mass is 9.93. The Kier molecular flexibility index (Phi) is 8.12. The maximum absolute atomic E-state index is 6.56. The summed E-state index contributed by atoms with van der Waals surface area (Å²) < 4.78 is 9.15. The molecular weight excluding hydrogens is 783 g/mol. The number of nitrogens with zero attached hydrogens (tertiary/aromatic N) is 1. The molecule has 2 heterocycles. The van der Waals surface area contributed by atoms with E-state index in [0.29, 0.717) is 0 Å². The van der Waals surface area contributed by atoms with Crippen LogP contribution >= 0.6 is 11.3 Å². The molecule has 0 saturated heterocycles. The second kappa shape index (κ2) is 14.3. The lowest BCUT2D eigenvalue weighted by molar-refractivity contribution is 0.669. The van der Waals surface area contributed by atoms with Crippen LogP contribution in [0.15, 0.2) is 229 Å². The van der Waals surface area contributed by atoms with E-state index in [1.165, 1.54) is 74.0 Å². The van der Waals surface area contributed by atoms with Crippen molar-refractivity contribution in [3.63, 3.8) is 0 Å². The summed E-state index contributed by atoms with van der Waals surface area (Å²) in [7, 11) is 0. The fraction of sp³-hybridized carbons (Fsp3) is 0. The van der Waals surface area contributed by atoms with Gasteiger partial charge in [0.2, 0.25) is 0 Å². The smallest absolute Gasteiger partial charge is 0.137 e. The summed E-state index contributed by atoms with van der Waals surface area (Å²) in [6.45, 7) is 0. The number of hydrogen-bond acceptors (Lipinski definition) is 3. The van der Waals surface area contributed by atoms with Crippen molar-refractivity contribution in [3.8, 4) is 11.1 Å². The third-order valence-corrected chi connectivity index (χ3v) is 14.1. The second-order valence-corrected chi connectivity index (χ2v) is 17.3. The predicted octanol–water partition coefficient (Wildman–Crippen LogP) is 18.0. The standard InChI is InChI=1S/C60H37NOS/c1-2-17-38(18-3-1)40-19-10-13-28-53(40)61(54-29-16-31-56-59(54)51-27-11-14-30-55(51)62-56)39-33-34-46-44-23-7-5-21-42(44)41-20-4-6-22-43(41)45-24-8-9-26-48(45)58-49(52(46)37-39)35-36-50-47-25-12-15-32-57(47)63-60(50)58/h1-37H. The normalized spacial score (nSPS) is 11.8. The van der Waals surface area contributed by atoms with Gasteiger partial charge in [-0.25, -0.2) is 0 Å². The van der Waals surface area contributed by atoms with Gasteiger partial charge < -0.3 is 9.32 Å². The van der Waals surface area contributed by atoms with E-state index in [4.69, 9.17) is 4.42 Å². The van der Waals surface area contributed by atoms with Gasteiger partial charge >= 0.3 is 0 Å². The number of rotatable bonds is 4. The summed E-state index contributed by atoms with van der Waals surface area (Å²) in [5, 5.41) is 16.9. The Balaban J connectivity index is 1.26. The topological polar surface area (TPSA) is 16.4 Å². The maximum Gasteiger partial charge on any atom is 0.137 e. The van der Waals surface area contributed by atoms with E-state index in [0.717, 1.165) is 50.1 Å². The molecule has 0 fully saturated rings. The molecule has 3 heteroatoms. The SMILES string of the molecule is c1ccc(-c2ccccc2N(c2ccc3c4ccccc4c4ccccc4c4ccccc4c4c(ccc5c6ccccc6sc54)c3c2)c2cccc3oc4ccccc4c23)cc1. The molecule has 294 valence electrons. The largest absolute Gasteiger partial charge is 0.456 e. The van der Waals surface area contributed by atoms with Crippen molar-refractivity contribution in [1.29, 1.82) is 0 Å². The molecule has 0 N–H and O–H groups in total. The summed E-state index contributed by atoms with van der Waals surface area (Å²) >= 11 is 1.90. The Hall–Kier alpha value is -7.98. The van der Waals surface area contributed by atoms with Crippen LogP contribution < -0.4 is 4.90 Å². The van der Waals surface area contributed by atoms with Gasteiger partial charge in [0.15, 0.2) is 0 Å². The number of furan rings is 1. The van der Waals surface area contributed by atoms with E-state index in [2.05, 4.69) is 223 Å². The molecular formula is C60H37NOS. The Labute approximate surface area is 367 Å². The van der Waals surface area contributed by atoms with Crippen LogP contribution in [-0.2, 0) is 0 Å². The third-order valence-electron chi connectivity index (χ3n) is 12.9. The molecule has 0 spiro atoms. The van der Waals surface area contributed by atoms with Crippen molar-refractivity contribution in [2.45, 2.75) is 0 Å². The highest BCUT2D eigenvalue weighted by atomic mass is 32.1. The monoisotopic (exact) mass is 819 g/mol. The molecule has 63 heavy (non-hydrogen) atoms. The lowest BCUT2D eigenvalue weighted by Crippen LogP contribution is -2.11. The maximum atomic E-state index is 6.56. The first kappa shape index (κ1) is 35.7. The zero-order valence-electron chi connectivity index (χ0n) is 34.1. The first-order valence-corrected chi connectivity index (χ1v) is 22.3. The average Bonchev–Trinajstić information content (AvgIpc) is 3.93. The number of para-hydroxylation sites is 2. The molecule has 0 bridgehead atoms. The molecule has 0 aliphatic rings. The highest BCUT2D eigenvalue weighted by Gasteiger charge is 2.23. The van der Waals surface area contributed by atoms with Gasteiger partial charge in [-0.2, -0.15) is 0 Å². The number of anilines is 3. The molecule has 0 amide bonds. The third kappa shape index (κ3) is 5.57. The molecule has 11 aromatic carbocycles. The highest BCUT2D eigenvalue weighted by molar-refractivity contribution is 7.26. The Morgan fingerprint density at radius 1 is 0.317 bits per heavy atom. The van der Waals surface area contributed by atoms with Crippen molar-refractivity contribution in [2.75, 3.05) is 4.90 Å². The van der Waals surface area contributed by atoms with Gasteiger partial charge in [0.05, 0.1) is 16.8 Å². The first-order chi connectivity index (χ1) is 31.3. The van der Waals surface area contributed by atoms with E-state index >= 15 is 0 Å². The second-order valence-electron chi connectivity index (χ2n) is 16.3. The van der Waals surface area contributed by atoms with E-state index in [-0.39, 0.29) is 0 Å². The van der Waals surface area contributed by atoms with Crippen LogP contribution in [0, 0.1) is 0 Å². The van der Waals surface area contributed by atoms with Gasteiger partial charge in [-0.3, -0.25) is 0 Å². The van der Waals surface area contributed by atoms with Crippen LogP contribution in [0.5, 0.6) is 0 Å². The van der Waals surface area contributed by atoms with Gasteiger partial charge in [0.1, 0.15) is 11.2 Å². The molecule has 13 rings (SSSR count). The van der Waals surface area contributed by atoms with Crippen LogP contribution in [0.3, 0.4) is 0 Å². The van der Waals surface area contributed by atoms with Crippen LogP contribution in [0.2, 0.25) is 0 Å². The molecule has 13 aromatic rings. The van der Waals surface area contributed by atoms with Crippen LogP contribution in [0.1, 0.15) is 0 Å². The molecule has 0 unspecified atom stereocenters. The molecule has 0 aliphatic carbocycles. The van der Waals surface area contributed by atoms with Crippen LogP contribution in [0.25, 0.3) is 107 Å². The van der Waals surface area contributed by atoms with Gasteiger partial charge in [-0.15, -0.1) is 11.3 Å². The fourth-order valence-corrected chi connectivity index (χ4v) is 11.4. The fourth-order valence-electron chi connectivity index (χ4n) is 10.1. The average molecular weight is 820 g/mol. The van der Waals surface area contributed by atoms with Crippen LogP contribution in [-0.4, -0.2) is 0 Å². The van der Waals surface area contributed by atoms with Crippen molar-refractivity contribution in [1.82, 2.24) is 0 Å². The Morgan fingerprint density at radius 3 is 1.57 bits per heavy atom. The summed E-state index contributed by atoms with van der Waals surface area (Å²) in [5.74, 6) is 0. The predicted molar refractivity (Wildman–Crippen MR) is 272 cm³/mol. The minimum Gasteiger partial charge on any atom is -0.456 e. The molecule has 0 saturated carbocycles. The summed E-state index contributed by atoms with van der Waals surface area (Å²) in [4.78, 5) is 2.46. The number of thiophene rings is 1. The first-order valence-electron chi connectivity index (χ1n) is 21.5. The zero-order valence-corrected chi connectivity index (χ0v) is 34.9. The van der Waals surface area contributed by atoms with Crippen molar-refractivity contribution < 1.29 is 4.42 Å². The van der Waals surface area contributed by atoms with Crippen molar-refractivity contribution in [2.24, 2.45) is 0 Å². The van der Waals surface area contributed by atoms with Crippen molar-refractivity contribution in [3.05, 3.63) is 224 Å².